The van der Waals surface area contributed by atoms with E-state index >= 15 is 0 Å². The van der Waals surface area contributed by atoms with Crippen LogP contribution in [0.2, 0.25) is 0 Å². The second-order valence-corrected chi connectivity index (χ2v) is 5.76. The summed E-state index contributed by atoms with van der Waals surface area (Å²) in [6.45, 7) is 1.75. The van der Waals surface area contributed by atoms with E-state index in [-0.39, 0.29) is 11.9 Å². The largest absolute Gasteiger partial charge is 0.496 e. The minimum absolute atomic E-state index is 0.0791. The van der Waals surface area contributed by atoms with Crippen LogP contribution in [-0.4, -0.2) is 7.11 Å². The number of ether oxygens (including phenoxy) is 1. The minimum Gasteiger partial charge on any atom is -0.496 e. The Morgan fingerprint density at radius 3 is 2.62 bits per heavy atom. The van der Waals surface area contributed by atoms with Crippen LogP contribution >= 0.6 is 15.9 Å². The van der Waals surface area contributed by atoms with Crippen molar-refractivity contribution in [1.82, 2.24) is 5.43 Å². The number of hydrogen-bond acceptors (Lipinski definition) is 3. The zero-order valence-corrected chi connectivity index (χ0v) is 13.6. The summed E-state index contributed by atoms with van der Waals surface area (Å²) in [5, 5.41) is 0. The van der Waals surface area contributed by atoms with Crippen molar-refractivity contribution in [2.24, 2.45) is 5.84 Å². The molecule has 0 aliphatic carbocycles. The standard InChI is InChI=1S/C16H18BrFN2O/c1-10-7-12(4-5-14(10)18)15(20-19)9-11-3-6-16(21-2)13(17)8-11/h3-8,15,20H,9,19H2,1-2H3. The third-order valence-corrected chi connectivity index (χ3v) is 4.06. The van der Waals surface area contributed by atoms with E-state index in [9.17, 15) is 4.39 Å². The normalized spacial score (nSPS) is 12.2. The molecule has 0 bridgehead atoms. The van der Waals surface area contributed by atoms with Crippen LogP contribution in [-0.2, 0) is 6.42 Å². The molecule has 0 saturated heterocycles. The van der Waals surface area contributed by atoms with Crippen LogP contribution < -0.4 is 16.0 Å². The number of hydrogen-bond donors (Lipinski definition) is 2. The first-order valence-electron chi connectivity index (χ1n) is 6.59. The highest BCUT2D eigenvalue weighted by Gasteiger charge is 2.13. The molecule has 0 fully saturated rings. The average Bonchev–Trinajstić information content (AvgIpc) is 2.48. The monoisotopic (exact) mass is 352 g/mol. The van der Waals surface area contributed by atoms with E-state index in [1.807, 2.05) is 24.3 Å². The van der Waals surface area contributed by atoms with Gasteiger partial charge in [0.15, 0.2) is 0 Å². The van der Waals surface area contributed by atoms with Gasteiger partial charge in [-0.2, -0.15) is 0 Å². The van der Waals surface area contributed by atoms with Crippen molar-refractivity contribution in [2.75, 3.05) is 7.11 Å². The highest BCUT2D eigenvalue weighted by molar-refractivity contribution is 9.10. The maximum atomic E-state index is 13.4. The third kappa shape index (κ3) is 3.81. The fourth-order valence-corrected chi connectivity index (χ4v) is 2.82. The predicted octanol–water partition coefficient (Wildman–Crippen LogP) is 3.65. The molecule has 3 nitrogen and oxygen atoms in total. The molecule has 0 aromatic heterocycles. The molecule has 3 N–H and O–H groups in total. The van der Waals surface area contributed by atoms with Crippen molar-refractivity contribution >= 4 is 15.9 Å². The maximum absolute atomic E-state index is 13.4. The average molecular weight is 353 g/mol. The van der Waals surface area contributed by atoms with Crippen LogP contribution in [0.1, 0.15) is 22.7 Å². The van der Waals surface area contributed by atoms with E-state index in [0.717, 1.165) is 21.3 Å². The first kappa shape index (κ1) is 15.9. The van der Waals surface area contributed by atoms with Gasteiger partial charge in [-0.05, 0) is 64.2 Å². The summed E-state index contributed by atoms with van der Waals surface area (Å²) in [6.07, 6.45) is 0.699. The third-order valence-electron chi connectivity index (χ3n) is 3.44. The fraction of sp³-hybridized carbons (Fsp3) is 0.250. The van der Waals surface area contributed by atoms with E-state index in [2.05, 4.69) is 21.4 Å². The molecule has 0 aliphatic heterocycles. The lowest BCUT2D eigenvalue weighted by atomic mass is 9.98. The van der Waals surface area contributed by atoms with E-state index in [4.69, 9.17) is 10.6 Å². The molecule has 1 atom stereocenters. The molecule has 5 heteroatoms. The van der Waals surface area contributed by atoms with Crippen molar-refractivity contribution in [1.29, 1.82) is 0 Å². The summed E-state index contributed by atoms with van der Waals surface area (Å²) in [7, 11) is 1.63. The lowest BCUT2D eigenvalue weighted by molar-refractivity contribution is 0.412. The van der Waals surface area contributed by atoms with Gasteiger partial charge in [-0.1, -0.05) is 18.2 Å². The minimum atomic E-state index is -0.207. The van der Waals surface area contributed by atoms with Gasteiger partial charge in [0.05, 0.1) is 11.6 Å². The SMILES string of the molecule is COc1ccc(CC(NN)c2ccc(F)c(C)c2)cc1Br. The number of nitrogens with two attached hydrogens (primary N) is 1. The van der Waals surface area contributed by atoms with Crippen LogP contribution in [0.3, 0.4) is 0 Å². The summed E-state index contributed by atoms with van der Waals surface area (Å²) in [6, 6.07) is 10.9. The Bertz CT molecular complexity index is 634. The summed E-state index contributed by atoms with van der Waals surface area (Å²) < 4.78 is 19.5. The number of aryl methyl sites for hydroxylation is 1. The Morgan fingerprint density at radius 1 is 1.29 bits per heavy atom. The topological polar surface area (TPSA) is 47.3 Å². The van der Waals surface area contributed by atoms with Gasteiger partial charge in [0.1, 0.15) is 11.6 Å². The number of methoxy groups -OCH3 is 1. The van der Waals surface area contributed by atoms with Gasteiger partial charge >= 0.3 is 0 Å². The van der Waals surface area contributed by atoms with Crippen molar-refractivity contribution in [3.8, 4) is 5.75 Å². The zero-order valence-electron chi connectivity index (χ0n) is 12.0. The van der Waals surface area contributed by atoms with Gasteiger partial charge in [0.2, 0.25) is 0 Å². The molecule has 21 heavy (non-hydrogen) atoms. The lowest BCUT2D eigenvalue weighted by Gasteiger charge is -2.18. The van der Waals surface area contributed by atoms with Gasteiger partial charge in [-0.15, -0.1) is 0 Å². The summed E-state index contributed by atoms with van der Waals surface area (Å²) in [5.41, 5.74) is 5.47. The van der Waals surface area contributed by atoms with Crippen molar-refractivity contribution < 1.29 is 9.13 Å². The number of halogens is 2. The quantitative estimate of drug-likeness (QED) is 0.637. The molecule has 112 valence electrons. The first-order valence-corrected chi connectivity index (χ1v) is 7.39. The Labute approximate surface area is 132 Å². The highest BCUT2D eigenvalue weighted by Crippen LogP contribution is 2.28. The van der Waals surface area contributed by atoms with Gasteiger partial charge in [0, 0.05) is 6.04 Å². The predicted molar refractivity (Wildman–Crippen MR) is 85.6 cm³/mol. The number of hydrazine groups is 1. The second kappa shape index (κ2) is 7.02. The molecule has 2 aromatic carbocycles. The Kier molecular flexibility index (Phi) is 5.33. The molecular formula is C16H18BrFN2O. The molecule has 0 radical (unpaired) electrons. The van der Waals surface area contributed by atoms with E-state index < -0.39 is 0 Å². The smallest absolute Gasteiger partial charge is 0.133 e. The molecule has 1 unspecified atom stereocenters. The van der Waals surface area contributed by atoms with Crippen LogP contribution in [0.5, 0.6) is 5.75 Å². The van der Waals surface area contributed by atoms with E-state index in [1.165, 1.54) is 6.07 Å². The molecule has 0 spiro atoms. The summed E-state index contributed by atoms with van der Waals surface area (Å²) in [4.78, 5) is 0. The fourth-order valence-electron chi connectivity index (χ4n) is 2.23. The van der Waals surface area contributed by atoms with Crippen LogP contribution in [0.25, 0.3) is 0 Å². The highest BCUT2D eigenvalue weighted by atomic mass is 79.9. The summed E-state index contributed by atoms with van der Waals surface area (Å²) in [5.74, 6) is 6.23. The van der Waals surface area contributed by atoms with Crippen LogP contribution in [0, 0.1) is 12.7 Å². The Balaban J connectivity index is 2.22. The number of rotatable bonds is 5. The number of benzene rings is 2. The molecule has 0 heterocycles. The molecule has 2 aromatic rings. The van der Waals surface area contributed by atoms with Crippen molar-refractivity contribution in [3.63, 3.8) is 0 Å². The van der Waals surface area contributed by atoms with E-state index in [0.29, 0.717) is 12.0 Å². The first-order chi connectivity index (χ1) is 10.0. The van der Waals surface area contributed by atoms with Gasteiger partial charge in [-0.3, -0.25) is 11.3 Å². The maximum Gasteiger partial charge on any atom is 0.133 e. The van der Waals surface area contributed by atoms with Gasteiger partial charge in [0.25, 0.3) is 0 Å². The summed E-state index contributed by atoms with van der Waals surface area (Å²) >= 11 is 3.47. The Hall–Kier alpha value is -1.43. The van der Waals surface area contributed by atoms with Crippen molar-refractivity contribution in [2.45, 2.75) is 19.4 Å². The van der Waals surface area contributed by atoms with Gasteiger partial charge < -0.3 is 4.74 Å². The van der Waals surface area contributed by atoms with Crippen LogP contribution in [0.15, 0.2) is 40.9 Å². The Morgan fingerprint density at radius 2 is 2.05 bits per heavy atom. The molecule has 0 saturated carbocycles. The molecule has 0 amide bonds. The molecule has 0 aliphatic rings. The second-order valence-electron chi connectivity index (χ2n) is 4.90. The van der Waals surface area contributed by atoms with E-state index in [1.54, 1.807) is 20.1 Å². The number of nitrogens with one attached hydrogen (secondary N) is 1. The van der Waals surface area contributed by atoms with Gasteiger partial charge in [-0.25, -0.2) is 4.39 Å². The zero-order chi connectivity index (χ0) is 15.4. The molecule has 2 rings (SSSR count). The van der Waals surface area contributed by atoms with Crippen molar-refractivity contribution in [3.05, 3.63) is 63.4 Å². The van der Waals surface area contributed by atoms with Crippen LogP contribution in [0.4, 0.5) is 4.39 Å². The molecular weight excluding hydrogens is 335 g/mol. The lowest BCUT2D eigenvalue weighted by Crippen LogP contribution is -2.29.